The number of alkyl halides is 3. The molecule has 2 aromatic heterocycles. The molecule has 1 aromatic carbocycles. The lowest BCUT2D eigenvalue weighted by molar-refractivity contribution is -0.141. The van der Waals surface area contributed by atoms with Crippen LogP contribution in [0, 0.1) is 0 Å². The molecule has 1 aliphatic rings. The van der Waals surface area contributed by atoms with E-state index in [0.717, 1.165) is 29.4 Å². The molecule has 0 bridgehead atoms. The lowest BCUT2D eigenvalue weighted by atomic mass is 9.68. The molecule has 180 valence electrons. The smallest absolute Gasteiger partial charge is 0.338 e. The average Bonchev–Trinajstić information content (AvgIpc) is 3.46. The van der Waals surface area contributed by atoms with Crippen LogP contribution in [0.15, 0.2) is 48.5 Å². The number of rotatable bonds is 6. The number of hydrogen-bond acceptors (Lipinski definition) is 4. The van der Waals surface area contributed by atoms with Crippen molar-refractivity contribution in [2.24, 2.45) is 7.05 Å². The Hall–Kier alpha value is -2.94. The molecule has 5 nitrogen and oxygen atoms in total. The van der Waals surface area contributed by atoms with Crippen molar-refractivity contribution in [2.75, 3.05) is 13.1 Å². The van der Waals surface area contributed by atoms with Crippen molar-refractivity contribution in [3.05, 3.63) is 64.7 Å². The van der Waals surface area contributed by atoms with Crippen molar-refractivity contribution >= 4 is 23.0 Å². The summed E-state index contributed by atoms with van der Waals surface area (Å²) >= 11 is 1.15. The van der Waals surface area contributed by atoms with Crippen LogP contribution in [0.2, 0.25) is 0 Å². The second-order valence-corrected chi connectivity index (χ2v) is 9.70. The number of hydrogen-bond donors (Lipinski definition) is 0. The quantitative estimate of drug-likeness (QED) is 0.446. The van der Waals surface area contributed by atoms with E-state index in [1.165, 1.54) is 11.7 Å². The third-order valence-electron chi connectivity index (χ3n) is 6.48. The Bertz CT molecular complexity index is 1180. The van der Waals surface area contributed by atoms with Crippen LogP contribution in [-0.2, 0) is 23.4 Å². The molecule has 3 aromatic rings. The molecule has 0 N–H and O–H groups in total. The van der Waals surface area contributed by atoms with E-state index in [1.807, 2.05) is 37.3 Å². The molecule has 1 saturated heterocycles. The molecule has 0 radical (unpaired) electrons. The lowest BCUT2D eigenvalue weighted by Crippen LogP contribution is -2.49. The number of aryl methyl sites for hydroxylation is 1. The Labute approximate surface area is 200 Å². The van der Waals surface area contributed by atoms with Crippen LogP contribution in [-0.4, -0.2) is 39.5 Å². The van der Waals surface area contributed by atoms with Crippen molar-refractivity contribution in [3.63, 3.8) is 0 Å². The highest BCUT2D eigenvalue weighted by Gasteiger charge is 2.43. The Morgan fingerprint density at radius 2 is 1.76 bits per heavy atom. The minimum atomic E-state index is -4.53. The molecule has 1 fully saturated rings. The van der Waals surface area contributed by atoms with Crippen LogP contribution < -0.4 is 0 Å². The number of aromatic nitrogens is 2. The van der Waals surface area contributed by atoms with Crippen LogP contribution >= 0.6 is 11.3 Å². The van der Waals surface area contributed by atoms with Gasteiger partial charge in [0, 0.05) is 26.6 Å². The molecule has 9 heteroatoms. The fraction of sp³-hybridized carbons (Fsp3) is 0.400. The fourth-order valence-electron chi connectivity index (χ4n) is 4.63. The molecule has 0 atom stereocenters. The predicted octanol–water partition coefficient (Wildman–Crippen LogP) is 5.71. The van der Waals surface area contributed by atoms with E-state index in [2.05, 4.69) is 5.10 Å². The largest absolute Gasteiger partial charge is 0.435 e. The molecule has 0 aliphatic carbocycles. The van der Waals surface area contributed by atoms with Gasteiger partial charge in [0.05, 0.1) is 20.9 Å². The van der Waals surface area contributed by atoms with E-state index in [-0.39, 0.29) is 11.7 Å². The van der Waals surface area contributed by atoms with E-state index < -0.39 is 17.3 Å². The van der Waals surface area contributed by atoms with Crippen LogP contribution in [0.3, 0.4) is 0 Å². The normalized spacial score (nSPS) is 16.0. The van der Waals surface area contributed by atoms with Crippen molar-refractivity contribution in [1.82, 2.24) is 14.7 Å². The van der Waals surface area contributed by atoms with Crippen LogP contribution in [0.25, 0.3) is 10.6 Å². The number of ketones is 1. The predicted molar refractivity (Wildman–Crippen MR) is 125 cm³/mol. The number of Topliss-reactive ketones (excluding diaryl/α,β-unsaturated/α-hetero) is 1. The van der Waals surface area contributed by atoms with E-state index >= 15 is 0 Å². The number of nitrogens with zero attached hydrogens (tertiary/aromatic N) is 3. The zero-order valence-corrected chi connectivity index (χ0v) is 19.9. The number of amides is 1. The Morgan fingerprint density at radius 1 is 1.09 bits per heavy atom. The number of halogens is 3. The van der Waals surface area contributed by atoms with Gasteiger partial charge in [-0.1, -0.05) is 37.3 Å². The summed E-state index contributed by atoms with van der Waals surface area (Å²) in [6, 6.07) is 14.1. The molecule has 1 amide bonds. The van der Waals surface area contributed by atoms with E-state index in [0.29, 0.717) is 47.8 Å². The van der Waals surface area contributed by atoms with Gasteiger partial charge in [0.15, 0.2) is 5.69 Å². The number of likely N-dealkylation sites (tertiary alicyclic amines) is 1. The average molecular weight is 490 g/mol. The molecule has 0 spiro atoms. The molecule has 0 saturated carbocycles. The SMILES string of the molecule is CCCC(=O)C1(c2ccccc2)CCN(C(=O)c2ccc(-c3cc(C(F)(F)F)nn3C)s2)CC1. The summed E-state index contributed by atoms with van der Waals surface area (Å²) in [6.45, 7) is 2.88. The standard InChI is InChI=1S/C25H26F3N3O2S/c1-3-7-22(32)24(17-8-5-4-6-9-17)12-14-31(15-13-24)23(33)20-11-10-19(34-20)18-16-21(25(26,27)28)29-30(18)2/h4-6,8-11,16H,3,7,12-15H2,1-2H3. The number of carbonyl (C=O) groups is 2. The summed E-state index contributed by atoms with van der Waals surface area (Å²) < 4.78 is 40.2. The first kappa shape index (κ1) is 24.2. The summed E-state index contributed by atoms with van der Waals surface area (Å²) in [5.74, 6) is 0.0439. The Morgan fingerprint density at radius 3 is 2.35 bits per heavy atom. The first-order valence-corrected chi connectivity index (χ1v) is 12.1. The van der Waals surface area contributed by atoms with Crippen LogP contribution in [0.1, 0.15) is 53.5 Å². The highest BCUT2D eigenvalue weighted by atomic mass is 32.1. The first-order valence-electron chi connectivity index (χ1n) is 11.3. The number of benzene rings is 1. The van der Waals surface area contributed by atoms with Gasteiger partial charge in [-0.2, -0.15) is 18.3 Å². The first-order chi connectivity index (χ1) is 16.2. The second kappa shape index (κ2) is 9.37. The summed E-state index contributed by atoms with van der Waals surface area (Å²) in [5, 5.41) is 3.55. The monoisotopic (exact) mass is 489 g/mol. The number of piperidine rings is 1. The molecule has 3 heterocycles. The Kier molecular flexibility index (Phi) is 6.66. The molecule has 4 rings (SSSR count). The van der Waals surface area contributed by atoms with Gasteiger partial charge in [-0.25, -0.2) is 0 Å². The van der Waals surface area contributed by atoms with Crippen LogP contribution in [0.4, 0.5) is 13.2 Å². The zero-order chi connectivity index (χ0) is 24.5. The minimum absolute atomic E-state index is 0.168. The summed E-state index contributed by atoms with van der Waals surface area (Å²) in [7, 11) is 1.45. The highest BCUT2D eigenvalue weighted by Crippen LogP contribution is 2.39. The molecule has 34 heavy (non-hydrogen) atoms. The third-order valence-corrected chi connectivity index (χ3v) is 7.58. The van der Waals surface area contributed by atoms with Gasteiger partial charge in [0.25, 0.3) is 5.91 Å². The number of carbonyl (C=O) groups excluding carboxylic acids is 2. The molecule has 0 unspecified atom stereocenters. The zero-order valence-electron chi connectivity index (χ0n) is 19.1. The van der Waals surface area contributed by atoms with E-state index in [4.69, 9.17) is 0 Å². The maximum Gasteiger partial charge on any atom is 0.435 e. The van der Waals surface area contributed by atoms with Gasteiger partial charge in [-0.3, -0.25) is 14.3 Å². The van der Waals surface area contributed by atoms with E-state index in [1.54, 1.807) is 17.0 Å². The summed E-state index contributed by atoms with van der Waals surface area (Å²) in [5.41, 5.74) is -0.243. The lowest BCUT2D eigenvalue weighted by Gasteiger charge is -2.41. The topological polar surface area (TPSA) is 55.2 Å². The maximum absolute atomic E-state index is 13.2. The molecule has 1 aliphatic heterocycles. The molecular formula is C25H26F3N3O2S. The third kappa shape index (κ3) is 4.53. The van der Waals surface area contributed by atoms with Gasteiger partial charge in [-0.05, 0) is 43.0 Å². The maximum atomic E-state index is 13.2. The van der Waals surface area contributed by atoms with Gasteiger partial charge in [0.2, 0.25) is 0 Å². The number of thiophene rings is 1. The summed E-state index contributed by atoms with van der Waals surface area (Å²) in [4.78, 5) is 29.1. The van der Waals surface area contributed by atoms with Gasteiger partial charge < -0.3 is 4.90 Å². The van der Waals surface area contributed by atoms with Gasteiger partial charge in [-0.15, -0.1) is 11.3 Å². The van der Waals surface area contributed by atoms with Crippen molar-refractivity contribution in [1.29, 1.82) is 0 Å². The van der Waals surface area contributed by atoms with Gasteiger partial charge >= 0.3 is 6.18 Å². The van der Waals surface area contributed by atoms with Gasteiger partial charge in [0.1, 0.15) is 5.78 Å². The Balaban J connectivity index is 1.51. The van der Waals surface area contributed by atoms with Crippen molar-refractivity contribution < 1.29 is 22.8 Å². The van der Waals surface area contributed by atoms with Crippen LogP contribution in [0.5, 0.6) is 0 Å². The highest BCUT2D eigenvalue weighted by molar-refractivity contribution is 7.17. The fourth-order valence-corrected chi connectivity index (χ4v) is 5.65. The van der Waals surface area contributed by atoms with E-state index in [9.17, 15) is 22.8 Å². The van der Waals surface area contributed by atoms with Crippen molar-refractivity contribution in [2.45, 2.75) is 44.2 Å². The minimum Gasteiger partial charge on any atom is -0.338 e. The second-order valence-electron chi connectivity index (χ2n) is 8.61. The van der Waals surface area contributed by atoms with Crippen molar-refractivity contribution in [3.8, 4) is 10.6 Å². The summed E-state index contributed by atoms with van der Waals surface area (Å²) in [6.07, 6.45) is -2.15. The molecular weight excluding hydrogens is 463 g/mol.